The fourth-order valence-corrected chi connectivity index (χ4v) is 2.48. The number of halogens is 1. The number of hydrogen-bond donors (Lipinski definition) is 3. The molecular formula is C13H15BrN2O3. The highest BCUT2D eigenvalue weighted by atomic mass is 79.9. The minimum absolute atomic E-state index is 0.0975. The molecular weight excluding hydrogens is 312 g/mol. The molecule has 0 saturated carbocycles. The van der Waals surface area contributed by atoms with Crippen molar-refractivity contribution in [2.24, 2.45) is 5.92 Å². The van der Waals surface area contributed by atoms with Gasteiger partial charge in [-0.1, -0.05) is 15.9 Å². The summed E-state index contributed by atoms with van der Waals surface area (Å²) in [7, 11) is 0. The Bertz CT molecular complexity index is 499. The lowest BCUT2D eigenvalue weighted by Gasteiger charge is -2.22. The molecule has 1 aromatic carbocycles. The highest BCUT2D eigenvalue weighted by Crippen LogP contribution is 2.23. The Morgan fingerprint density at radius 2 is 2.21 bits per heavy atom. The summed E-state index contributed by atoms with van der Waals surface area (Å²) < 4.78 is 0.731. The molecule has 1 fully saturated rings. The van der Waals surface area contributed by atoms with Crippen LogP contribution in [0.5, 0.6) is 0 Å². The second-order valence-electron chi connectivity index (χ2n) is 4.53. The van der Waals surface area contributed by atoms with Crippen LogP contribution in [0, 0.1) is 5.92 Å². The normalized spacial score (nSPS) is 18.9. The summed E-state index contributed by atoms with van der Waals surface area (Å²) in [6, 6.07) is 4.72. The van der Waals surface area contributed by atoms with E-state index in [4.69, 9.17) is 5.11 Å². The standard InChI is InChI=1S/C13H15BrN2O3/c14-9-3-4-10(13(18)19)11(6-9)16-12(17)8-2-1-5-15-7-8/h3-4,6,8,15H,1-2,5,7H2,(H,16,17)(H,18,19). The number of aromatic carboxylic acids is 1. The molecule has 6 heteroatoms. The number of carbonyl (C=O) groups is 2. The maximum absolute atomic E-state index is 12.1. The van der Waals surface area contributed by atoms with Crippen molar-refractivity contribution in [1.29, 1.82) is 0 Å². The number of rotatable bonds is 3. The zero-order chi connectivity index (χ0) is 13.8. The van der Waals surface area contributed by atoms with Crippen LogP contribution in [0.1, 0.15) is 23.2 Å². The molecule has 1 amide bonds. The van der Waals surface area contributed by atoms with Gasteiger partial charge in [0.2, 0.25) is 5.91 Å². The van der Waals surface area contributed by atoms with E-state index in [1.54, 1.807) is 12.1 Å². The molecule has 1 heterocycles. The van der Waals surface area contributed by atoms with Crippen molar-refractivity contribution in [3.05, 3.63) is 28.2 Å². The zero-order valence-electron chi connectivity index (χ0n) is 10.3. The third kappa shape index (κ3) is 3.54. The molecule has 3 N–H and O–H groups in total. The zero-order valence-corrected chi connectivity index (χ0v) is 11.9. The van der Waals surface area contributed by atoms with Gasteiger partial charge in [-0.2, -0.15) is 0 Å². The smallest absolute Gasteiger partial charge is 0.337 e. The van der Waals surface area contributed by atoms with Gasteiger partial charge in [0.1, 0.15) is 0 Å². The van der Waals surface area contributed by atoms with E-state index >= 15 is 0 Å². The van der Waals surface area contributed by atoms with Crippen molar-refractivity contribution in [3.8, 4) is 0 Å². The SMILES string of the molecule is O=C(O)c1ccc(Br)cc1NC(=O)C1CCCNC1. The van der Waals surface area contributed by atoms with Crippen molar-refractivity contribution in [1.82, 2.24) is 5.32 Å². The lowest BCUT2D eigenvalue weighted by atomic mass is 9.98. The van der Waals surface area contributed by atoms with Crippen molar-refractivity contribution >= 4 is 33.5 Å². The molecule has 0 aromatic heterocycles. The quantitative estimate of drug-likeness (QED) is 0.794. The van der Waals surface area contributed by atoms with E-state index < -0.39 is 5.97 Å². The predicted octanol–water partition coefficient (Wildman–Crippen LogP) is 2.09. The monoisotopic (exact) mass is 326 g/mol. The van der Waals surface area contributed by atoms with E-state index in [1.165, 1.54) is 6.07 Å². The molecule has 0 radical (unpaired) electrons. The van der Waals surface area contributed by atoms with Gasteiger partial charge in [0.25, 0.3) is 0 Å². The van der Waals surface area contributed by atoms with Gasteiger partial charge >= 0.3 is 5.97 Å². The number of benzene rings is 1. The fraction of sp³-hybridized carbons (Fsp3) is 0.385. The molecule has 1 saturated heterocycles. The first-order valence-corrected chi connectivity index (χ1v) is 6.91. The summed E-state index contributed by atoms with van der Waals surface area (Å²) in [6.45, 7) is 1.57. The number of nitrogens with one attached hydrogen (secondary N) is 2. The maximum atomic E-state index is 12.1. The summed E-state index contributed by atoms with van der Waals surface area (Å²) in [5, 5.41) is 15.0. The molecule has 0 spiro atoms. The number of hydrogen-bond acceptors (Lipinski definition) is 3. The van der Waals surface area contributed by atoms with Crippen LogP contribution in [0.15, 0.2) is 22.7 Å². The number of piperidine rings is 1. The van der Waals surface area contributed by atoms with Crippen LogP contribution in [-0.2, 0) is 4.79 Å². The molecule has 1 aliphatic heterocycles. The third-order valence-corrected chi connectivity index (χ3v) is 3.63. The first-order valence-electron chi connectivity index (χ1n) is 6.12. The summed E-state index contributed by atoms with van der Waals surface area (Å²) in [5.74, 6) is -1.29. The van der Waals surface area contributed by atoms with Crippen molar-refractivity contribution in [2.45, 2.75) is 12.8 Å². The van der Waals surface area contributed by atoms with Crippen molar-refractivity contribution < 1.29 is 14.7 Å². The lowest BCUT2D eigenvalue weighted by Crippen LogP contribution is -2.37. The summed E-state index contributed by atoms with van der Waals surface area (Å²) >= 11 is 3.27. The Labute approximate surface area is 119 Å². The Morgan fingerprint density at radius 3 is 2.84 bits per heavy atom. The topological polar surface area (TPSA) is 78.4 Å². The van der Waals surface area contributed by atoms with Gasteiger partial charge in [-0.25, -0.2) is 4.79 Å². The van der Waals surface area contributed by atoms with Gasteiger partial charge in [-0.05, 0) is 37.6 Å². The van der Waals surface area contributed by atoms with E-state index in [0.29, 0.717) is 12.2 Å². The van der Waals surface area contributed by atoms with E-state index in [-0.39, 0.29) is 17.4 Å². The second kappa shape index (κ2) is 6.16. The Hall–Kier alpha value is -1.40. The molecule has 102 valence electrons. The summed E-state index contributed by atoms with van der Waals surface area (Å²) in [4.78, 5) is 23.2. The number of anilines is 1. The first-order chi connectivity index (χ1) is 9.08. The summed E-state index contributed by atoms with van der Waals surface area (Å²) in [5.41, 5.74) is 0.428. The maximum Gasteiger partial charge on any atom is 0.337 e. The molecule has 2 rings (SSSR count). The number of carboxylic acids is 1. The Balaban J connectivity index is 2.15. The predicted molar refractivity (Wildman–Crippen MR) is 75.3 cm³/mol. The average molecular weight is 327 g/mol. The van der Waals surface area contributed by atoms with Crippen LogP contribution < -0.4 is 10.6 Å². The highest BCUT2D eigenvalue weighted by Gasteiger charge is 2.22. The molecule has 1 unspecified atom stereocenters. The largest absolute Gasteiger partial charge is 0.478 e. The number of amides is 1. The molecule has 0 bridgehead atoms. The number of carbonyl (C=O) groups excluding carboxylic acids is 1. The minimum atomic E-state index is -1.05. The van der Waals surface area contributed by atoms with Crippen molar-refractivity contribution in [2.75, 3.05) is 18.4 Å². The number of carboxylic acid groups (broad SMARTS) is 1. The van der Waals surface area contributed by atoms with Gasteiger partial charge < -0.3 is 15.7 Å². The molecule has 1 atom stereocenters. The lowest BCUT2D eigenvalue weighted by molar-refractivity contribution is -0.120. The molecule has 5 nitrogen and oxygen atoms in total. The first kappa shape index (κ1) is 14.0. The van der Waals surface area contributed by atoms with Crippen LogP contribution in [0.2, 0.25) is 0 Å². The van der Waals surface area contributed by atoms with Crippen LogP contribution in [0.4, 0.5) is 5.69 Å². The Kier molecular flexibility index (Phi) is 4.55. The van der Waals surface area contributed by atoms with Crippen LogP contribution in [-0.4, -0.2) is 30.1 Å². The molecule has 0 aliphatic carbocycles. The van der Waals surface area contributed by atoms with E-state index in [1.807, 2.05) is 0 Å². The van der Waals surface area contributed by atoms with E-state index in [2.05, 4.69) is 26.6 Å². The second-order valence-corrected chi connectivity index (χ2v) is 5.44. The van der Waals surface area contributed by atoms with Crippen LogP contribution in [0.25, 0.3) is 0 Å². The van der Waals surface area contributed by atoms with E-state index in [0.717, 1.165) is 23.9 Å². The third-order valence-electron chi connectivity index (χ3n) is 3.14. The molecule has 1 aliphatic rings. The minimum Gasteiger partial charge on any atom is -0.478 e. The molecule has 19 heavy (non-hydrogen) atoms. The summed E-state index contributed by atoms with van der Waals surface area (Å²) in [6.07, 6.45) is 1.79. The van der Waals surface area contributed by atoms with Gasteiger partial charge in [-0.15, -0.1) is 0 Å². The van der Waals surface area contributed by atoms with E-state index in [9.17, 15) is 9.59 Å². The fourth-order valence-electron chi connectivity index (χ4n) is 2.12. The van der Waals surface area contributed by atoms with Gasteiger partial charge in [0, 0.05) is 11.0 Å². The molecule has 1 aromatic rings. The van der Waals surface area contributed by atoms with Gasteiger partial charge in [0.15, 0.2) is 0 Å². The highest BCUT2D eigenvalue weighted by molar-refractivity contribution is 9.10. The van der Waals surface area contributed by atoms with Crippen LogP contribution in [0.3, 0.4) is 0 Å². The Morgan fingerprint density at radius 1 is 1.42 bits per heavy atom. The van der Waals surface area contributed by atoms with Crippen LogP contribution >= 0.6 is 15.9 Å². The van der Waals surface area contributed by atoms with Gasteiger partial charge in [0.05, 0.1) is 17.2 Å². The van der Waals surface area contributed by atoms with Gasteiger partial charge in [-0.3, -0.25) is 4.79 Å². The average Bonchev–Trinajstić information content (AvgIpc) is 2.39. The van der Waals surface area contributed by atoms with Crippen molar-refractivity contribution in [3.63, 3.8) is 0 Å².